The van der Waals surface area contributed by atoms with Gasteiger partial charge in [0.15, 0.2) is 0 Å². The van der Waals surface area contributed by atoms with Gasteiger partial charge in [0.25, 0.3) is 5.91 Å². The molecule has 0 radical (unpaired) electrons. The summed E-state index contributed by atoms with van der Waals surface area (Å²) >= 11 is 1.78. The lowest BCUT2D eigenvalue weighted by atomic mass is 9.95. The Hall–Kier alpha value is -0.870. The third-order valence-electron chi connectivity index (χ3n) is 4.05. The van der Waals surface area contributed by atoms with E-state index in [0.717, 1.165) is 31.6 Å². The van der Waals surface area contributed by atoms with Crippen molar-refractivity contribution in [3.05, 3.63) is 21.4 Å². The molecule has 4 heteroatoms. The zero-order valence-corrected chi connectivity index (χ0v) is 11.7. The molecule has 2 aliphatic rings. The molecule has 1 N–H and O–H groups in total. The molecule has 1 amide bonds. The van der Waals surface area contributed by atoms with E-state index in [1.807, 2.05) is 4.90 Å². The van der Waals surface area contributed by atoms with E-state index in [4.69, 9.17) is 0 Å². The second-order valence-electron chi connectivity index (χ2n) is 5.31. The standard InChI is InChI=1S/C14H20N2OS/c1-10-8-15-6-7-16(10)14(17)12-9-18-13-5-3-2-4-11(12)13/h9-10,15H,2-8H2,1H3/t10-/m0/s1. The summed E-state index contributed by atoms with van der Waals surface area (Å²) in [5.41, 5.74) is 2.34. The Morgan fingerprint density at radius 1 is 1.44 bits per heavy atom. The summed E-state index contributed by atoms with van der Waals surface area (Å²) in [5, 5.41) is 5.43. The van der Waals surface area contributed by atoms with Crippen LogP contribution in [0.15, 0.2) is 5.38 Å². The first-order chi connectivity index (χ1) is 8.77. The molecule has 0 saturated carbocycles. The number of hydrogen-bond acceptors (Lipinski definition) is 3. The molecule has 2 heterocycles. The molecule has 1 aromatic heterocycles. The van der Waals surface area contributed by atoms with Gasteiger partial charge in [0.2, 0.25) is 0 Å². The van der Waals surface area contributed by atoms with Crippen molar-refractivity contribution in [2.75, 3.05) is 19.6 Å². The van der Waals surface area contributed by atoms with Crippen LogP contribution in [0.4, 0.5) is 0 Å². The first kappa shape index (κ1) is 12.2. The minimum absolute atomic E-state index is 0.253. The number of amides is 1. The van der Waals surface area contributed by atoms with Crippen LogP contribution in [0.1, 0.15) is 40.6 Å². The van der Waals surface area contributed by atoms with Gasteiger partial charge in [0.05, 0.1) is 5.56 Å². The number of carbonyl (C=O) groups is 1. The number of fused-ring (bicyclic) bond motifs is 1. The van der Waals surface area contributed by atoms with E-state index in [0.29, 0.717) is 6.04 Å². The van der Waals surface area contributed by atoms with Gasteiger partial charge in [-0.05, 0) is 38.2 Å². The second-order valence-corrected chi connectivity index (χ2v) is 6.27. The highest BCUT2D eigenvalue weighted by Gasteiger charge is 2.28. The van der Waals surface area contributed by atoms with Crippen molar-refractivity contribution in [2.24, 2.45) is 0 Å². The molecule has 3 nitrogen and oxygen atoms in total. The molecule has 3 rings (SSSR count). The fourth-order valence-electron chi connectivity index (χ4n) is 2.97. The van der Waals surface area contributed by atoms with Crippen LogP contribution in [0.2, 0.25) is 0 Å². The van der Waals surface area contributed by atoms with Gasteiger partial charge in [-0.15, -0.1) is 11.3 Å². The Balaban J connectivity index is 1.85. The minimum atomic E-state index is 0.253. The van der Waals surface area contributed by atoms with Crippen LogP contribution in [-0.4, -0.2) is 36.5 Å². The Labute approximate surface area is 112 Å². The second kappa shape index (κ2) is 5.02. The van der Waals surface area contributed by atoms with Crippen molar-refractivity contribution in [3.63, 3.8) is 0 Å². The number of nitrogens with one attached hydrogen (secondary N) is 1. The Morgan fingerprint density at radius 2 is 2.28 bits per heavy atom. The van der Waals surface area contributed by atoms with Gasteiger partial charge in [-0.3, -0.25) is 4.79 Å². The van der Waals surface area contributed by atoms with E-state index in [2.05, 4.69) is 17.6 Å². The maximum absolute atomic E-state index is 12.6. The maximum atomic E-state index is 12.6. The molecular weight excluding hydrogens is 244 g/mol. The van der Waals surface area contributed by atoms with Gasteiger partial charge in [-0.25, -0.2) is 0 Å². The molecular formula is C14H20N2OS. The van der Waals surface area contributed by atoms with Gasteiger partial charge < -0.3 is 10.2 Å². The number of hydrogen-bond donors (Lipinski definition) is 1. The molecule has 98 valence electrons. The van der Waals surface area contributed by atoms with Gasteiger partial charge in [0.1, 0.15) is 0 Å². The Kier molecular flexibility index (Phi) is 3.39. The monoisotopic (exact) mass is 264 g/mol. The van der Waals surface area contributed by atoms with Crippen LogP contribution < -0.4 is 5.32 Å². The number of rotatable bonds is 1. The molecule has 0 aromatic carbocycles. The highest BCUT2D eigenvalue weighted by molar-refractivity contribution is 7.10. The number of carbonyl (C=O) groups excluding carboxylic acids is 1. The zero-order chi connectivity index (χ0) is 12.5. The van der Waals surface area contributed by atoms with E-state index >= 15 is 0 Å². The van der Waals surface area contributed by atoms with Crippen molar-refractivity contribution in [1.29, 1.82) is 0 Å². The third kappa shape index (κ3) is 2.08. The molecule has 18 heavy (non-hydrogen) atoms. The zero-order valence-electron chi connectivity index (χ0n) is 10.9. The van der Waals surface area contributed by atoms with Crippen molar-refractivity contribution in [1.82, 2.24) is 10.2 Å². The van der Waals surface area contributed by atoms with E-state index in [1.165, 1.54) is 29.7 Å². The smallest absolute Gasteiger partial charge is 0.255 e. The van der Waals surface area contributed by atoms with E-state index in [9.17, 15) is 4.79 Å². The topological polar surface area (TPSA) is 32.3 Å². The van der Waals surface area contributed by atoms with Crippen molar-refractivity contribution in [2.45, 2.75) is 38.6 Å². The van der Waals surface area contributed by atoms with Crippen molar-refractivity contribution < 1.29 is 4.79 Å². The largest absolute Gasteiger partial charge is 0.333 e. The lowest BCUT2D eigenvalue weighted by Gasteiger charge is -2.34. The summed E-state index contributed by atoms with van der Waals surface area (Å²) in [4.78, 5) is 16.1. The minimum Gasteiger partial charge on any atom is -0.333 e. The molecule has 1 saturated heterocycles. The van der Waals surface area contributed by atoms with Gasteiger partial charge >= 0.3 is 0 Å². The molecule has 1 fully saturated rings. The predicted octanol–water partition coefficient (Wildman–Crippen LogP) is 2.06. The van der Waals surface area contributed by atoms with Crippen LogP contribution in [-0.2, 0) is 12.8 Å². The predicted molar refractivity (Wildman–Crippen MR) is 74.3 cm³/mol. The summed E-state index contributed by atoms with van der Waals surface area (Å²) in [6.07, 6.45) is 4.79. The fourth-order valence-corrected chi connectivity index (χ4v) is 4.09. The normalized spacial score (nSPS) is 23.8. The number of nitrogens with zero attached hydrogens (tertiary/aromatic N) is 1. The summed E-state index contributed by atoms with van der Waals surface area (Å²) in [6.45, 7) is 4.80. The fraction of sp³-hybridized carbons (Fsp3) is 0.643. The summed E-state index contributed by atoms with van der Waals surface area (Å²) in [6, 6.07) is 0.311. The van der Waals surface area contributed by atoms with Crippen molar-refractivity contribution in [3.8, 4) is 0 Å². The van der Waals surface area contributed by atoms with Gasteiger partial charge in [-0.1, -0.05) is 0 Å². The molecule has 1 aliphatic heterocycles. The summed E-state index contributed by atoms with van der Waals surface area (Å²) < 4.78 is 0. The first-order valence-electron chi connectivity index (χ1n) is 6.88. The van der Waals surface area contributed by atoms with Crippen LogP contribution in [0.25, 0.3) is 0 Å². The van der Waals surface area contributed by atoms with Crippen LogP contribution in [0.5, 0.6) is 0 Å². The van der Waals surface area contributed by atoms with Crippen LogP contribution in [0.3, 0.4) is 0 Å². The van der Waals surface area contributed by atoms with E-state index < -0.39 is 0 Å². The molecule has 1 aliphatic carbocycles. The Morgan fingerprint density at radius 3 is 3.11 bits per heavy atom. The van der Waals surface area contributed by atoms with E-state index in [-0.39, 0.29) is 5.91 Å². The average molecular weight is 264 g/mol. The molecule has 1 atom stereocenters. The van der Waals surface area contributed by atoms with Crippen molar-refractivity contribution >= 4 is 17.2 Å². The molecule has 0 bridgehead atoms. The van der Waals surface area contributed by atoms with Gasteiger partial charge in [0, 0.05) is 35.9 Å². The van der Waals surface area contributed by atoms with Crippen LogP contribution in [0, 0.1) is 0 Å². The maximum Gasteiger partial charge on any atom is 0.255 e. The summed E-state index contributed by atoms with van der Waals surface area (Å²) in [7, 11) is 0. The summed E-state index contributed by atoms with van der Waals surface area (Å²) in [5.74, 6) is 0.253. The highest BCUT2D eigenvalue weighted by atomic mass is 32.1. The van der Waals surface area contributed by atoms with Gasteiger partial charge in [-0.2, -0.15) is 0 Å². The number of piperazine rings is 1. The van der Waals surface area contributed by atoms with Crippen LogP contribution >= 0.6 is 11.3 Å². The molecule has 0 unspecified atom stereocenters. The average Bonchev–Trinajstić information content (AvgIpc) is 2.82. The molecule has 1 aromatic rings. The highest BCUT2D eigenvalue weighted by Crippen LogP contribution is 2.31. The lowest BCUT2D eigenvalue weighted by molar-refractivity contribution is 0.0655. The number of aryl methyl sites for hydroxylation is 1. The SMILES string of the molecule is C[C@H]1CNCCN1C(=O)c1csc2c1CCCC2. The van der Waals surface area contributed by atoms with E-state index in [1.54, 1.807) is 11.3 Å². The first-order valence-corrected chi connectivity index (χ1v) is 7.76. The molecule has 0 spiro atoms. The third-order valence-corrected chi connectivity index (χ3v) is 5.14. The lowest BCUT2D eigenvalue weighted by Crippen LogP contribution is -2.52. The Bertz CT molecular complexity index is 455. The quantitative estimate of drug-likeness (QED) is 0.842. The number of thiophene rings is 1.